The van der Waals surface area contributed by atoms with Crippen LogP contribution in [-0.2, 0) is 0 Å². The van der Waals surface area contributed by atoms with Gasteiger partial charge in [-0.3, -0.25) is 0 Å². The summed E-state index contributed by atoms with van der Waals surface area (Å²) in [6.07, 6.45) is 0. The Labute approximate surface area is 103 Å². The van der Waals surface area contributed by atoms with Crippen molar-refractivity contribution in [1.29, 1.82) is 0 Å². The number of rotatable bonds is 1. The molecule has 2 nitrogen and oxygen atoms in total. The van der Waals surface area contributed by atoms with Crippen LogP contribution in [0.2, 0.25) is 0 Å². The third-order valence-electron chi connectivity index (χ3n) is 2.14. The molecule has 0 N–H and O–H groups in total. The Balaban J connectivity index is 2.80. The van der Waals surface area contributed by atoms with Gasteiger partial charge in [0.05, 0.1) is 5.97 Å². The maximum Gasteiger partial charge on any atom is 0.0726 e. The smallest absolute Gasteiger partial charge is 0.0726 e. The molecule has 2 aromatic carbocycles. The number of hydrogen-bond acceptors (Lipinski definition) is 2. The number of carboxylic acids is 1. The van der Waals surface area contributed by atoms with Gasteiger partial charge in [0.2, 0.25) is 0 Å². The third-order valence-corrected chi connectivity index (χ3v) is 3.48. The molecule has 0 amide bonds. The topological polar surface area (TPSA) is 40.1 Å². The first-order chi connectivity index (χ1) is 7.09. The predicted octanol–water partition coefficient (Wildman–Crippen LogP) is 2.73. The minimum Gasteiger partial charge on any atom is -0.545 e. The highest BCUT2D eigenvalue weighted by Gasteiger charge is 2.05. The molecule has 0 fully saturated rings. The van der Waals surface area contributed by atoms with E-state index in [1.54, 1.807) is 6.07 Å². The molecule has 2 rings (SSSR count). The summed E-state index contributed by atoms with van der Waals surface area (Å²) in [4.78, 5) is 10.8. The summed E-state index contributed by atoms with van der Waals surface area (Å²) in [6.45, 7) is 0. The van der Waals surface area contributed by atoms with Crippen molar-refractivity contribution in [3.05, 3.63) is 44.8 Å². The molecule has 0 saturated heterocycles. The minimum atomic E-state index is -1.17. The maximum atomic E-state index is 10.8. The van der Waals surface area contributed by atoms with Crippen LogP contribution in [0, 0.1) is 0 Å². The Morgan fingerprint density at radius 1 is 1.13 bits per heavy atom. The lowest BCUT2D eigenvalue weighted by Gasteiger charge is -2.08. The molecule has 15 heavy (non-hydrogen) atoms. The van der Waals surface area contributed by atoms with Crippen molar-refractivity contribution in [2.45, 2.75) is 0 Å². The Bertz CT molecular complexity index is 550. The number of benzene rings is 2. The fraction of sp³-hybridized carbons (Fsp3) is 0. The molecule has 0 aromatic heterocycles. The molecular weight excluding hydrogens is 324 g/mol. The molecule has 0 atom stereocenters. The lowest BCUT2D eigenvalue weighted by atomic mass is 10.1. The minimum absolute atomic E-state index is 0.171. The van der Waals surface area contributed by atoms with Crippen molar-refractivity contribution in [3.8, 4) is 0 Å². The van der Waals surface area contributed by atoms with Gasteiger partial charge in [0.1, 0.15) is 0 Å². The number of carbonyl (C=O) groups is 1. The molecule has 0 aliphatic rings. The summed E-state index contributed by atoms with van der Waals surface area (Å²) in [7, 11) is 0. The second kappa shape index (κ2) is 3.94. The number of aromatic carboxylic acids is 1. The normalized spacial score (nSPS) is 10.5. The van der Waals surface area contributed by atoms with Crippen LogP contribution in [0.4, 0.5) is 0 Å². The van der Waals surface area contributed by atoms with Gasteiger partial charge in [0.25, 0.3) is 0 Å². The van der Waals surface area contributed by atoms with E-state index in [0.29, 0.717) is 4.47 Å². The van der Waals surface area contributed by atoms with Crippen LogP contribution in [-0.4, -0.2) is 5.97 Å². The van der Waals surface area contributed by atoms with Crippen molar-refractivity contribution >= 4 is 48.6 Å². The maximum absolute atomic E-state index is 10.8. The first kappa shape index (κ1) is 10.6. The zero-order valence-electron chi connectivity index (χ0n) is 7.46. The fourth-order valence-corrected chi connectivity index (χ4v) is 2.45. The van der Waals surface area contributed by atoms with Crippen molar-refractivity contribution in [2.24, 2.45) is 0 Å². The molecule has 0 aliphatic carbocycles. The Morgan fingerprint density at radius 2 is 1.87 bits per heavy atom. The van der Waals surface area contributed by atoms with Gasteiger partial charge in [-0.25, -0.2) is 0 Å². The van der Waals surface area contributed by atoms with Gasteiger partial charge in [0, 0.05) is 14.5 Å². The third kappa shape index (κ3) is 1.92. The zero-order valence-corrected chi connectivity index (χ0v) is 10.6. The summed E-state index contributed by atoms with van der Waals surface area (Å²) in [6, 6.07) is 8.95. The van der Waals surface area contributed by atoms with Crippen LogP contribution in [0.15, 0.2) is 39.3 Å². The van der Waals surface area contributed by atoms with E-state index in [9.17, 15) is 9.90 Å². The van der Waals surface area contributed by atoms with Gasteiger partial charge in [-0.05, 0) is 38.8 Å². The Kier molecular flexibility index (Phi) is 2.80. The van der Waals surface area contributed by atoms with Crippen LogP contribution < -0.4 is 5.11 Å². The van der Waals surface area contributed by atoms with Crippen LogP contribution >= 0.6 is 31.9 Å². The monoisotopic (exact) mass is 327 g/mol. The standard InChI is InChI=1S/C11H6Br2O2/c12-7-2-4-8-6(5-7)1-3-9(10(8)13)11(14)15/h1-5H,(H,14,15)/p-1. The van der Waals surface area contributed by atoms with E-state index in [-0.39, 0.29) is 5.56 Å². The lowest BCUT2D eigenvalue weighted by Crippen LogP contribution is -2.22. The number of carbonyl (C=O) groups excluding carboxylic acids is 1. The molecule has 76 valence electrons. The highest BCUT2D eigenvalue weighted by Crippen LogP contribution is 2.29. The van der Waals surface area contributed by atoms with Crippen LogP contribution in [0.3, 0.4) is 0 Å². The van der Waals surface area contributed by atoms with Gasteiger partial charge < -0.3 is 9.90 Å². The highest BCUT2D eigenvalue weighted by atomic mass is 79.9. The first-order valence-electron chi connectivity index (χ1n) is 4.18. The van der Waals surface area contributed by atoms with E-state index in [1.165, 1.54) is 6.07 Å². The predicted molar refractivity (Wildman–Crippen MR) is 63.7 cm³/mol. The lowest BCUT2D eigenvalue weighted by molar-refractivity contribution is -0.255. The average molecular weight is 329 g/mol. The van der Waals surface area contributed by atoms with E-state index < -0.39 is 5.97 Å². The molecule has 4 heteroatoms. The summed E-state index contributed by atoms with van der Waals surface area (Å²) in [5.41, 5.74) is 0.171. The van der Waals surface area contributed by atoms with Crippen molar-refractivity contribution in [3.63, 3.8) is 0 Å². The largest absolute Gasteiger partial charge is 0.545 e. The molecule has 2 aromatic rings. The fourth-order valence-electron chi connectivity index (χ4n) is 1.42. The molecule has 0 spiro atoms. The highest BCUT2D eigenvalue weighted by molar-refractivity contribution is 9.11. The number of carboxylic acid groups (broad SMARTS) is 1. The quantitative estimate of drug-likeness (QED) is 0.807. The average Bonchev–Trinajstić information content (AvgIpc) is 2.17. The van der Waals surface area contributed by atoms with Crippen molar-refractivity contribution < 1.29 is 9.90 Å². The zero-order chi connectivity index (χ0) is 11.0. The molecule has 0 heterocycles. The van der Waals surface area contributed by atoms with Gasteiger partial charge in [0.15, 0.2) is 0 Å². The number of hydrogen-bond donors (Lipinski definition) is 0. The van der Waals surface area contributed by atoms with Crippen molar-refractivity contribution in [2.75, 3.05) is 0 Å². The van der Waals surface area contributed by atoms with Gasteiger partial charge in [-0.2, -0.15) is 0 Å². The van der Waals surface area contributed by atoms with E-state index >= 15 is 0 Å². The summed E-state index contributed by atoms with van der Waals surface area (Å²) < 4.78 is 1.52. The van der Waals surface area contributed by atoms with Crippen molar-refractivity contribution in [1.82, 2.24) is 0 Å². The number of fused-ring (bicyclic) bond motifs is 1. The Hall–Kier alpha value is -0.870. The second-order valence-corrected chi connectivity index (χ2v) is 4.79. The summed E-state index contributed by atoms with van der Waals surface area (Å²) in [5.74, 6) is -1.17. The Morgan fingerprint density at radius 3 is 2.53 bits per heavy atom. The second-order valence-electron chi connectivity index (χ2n) is 3.08. The van der Waals surface area contributed by atoms with E-state index in [1.807, 2.05) is 18.2 Å². The molecule has 0 radical (unpaired) electrons. The van der Waals surface area contributed by atoms with E-state index in [4.69, 9.17) is 0 Å². The summed E-state index contributed by atoms with van der Waals surface area (Å²) in [5, 5.41) is 12.6. The molecule has 0 unspecified atom stereocenters. The van der Waals surface area contributed by atoms with Gasteiger partial charge in [-0.15, -0.1) is 0 Å². The van der Waals surface area contributed by atoms with E-state index in [0.717, 1.165) is 15.2 Å². The molecule has 0 bridgehead atoms. The van der Waals surface area contributed by atoms with Gasteiger partial charge in [-0.1, -0.05) is 34.1 Å². The molecular formula is C11H5Br2O2-. The molecule has 0 aliphatic heterocycles. The first-order valence-corrected chi connectivity index (χ1v) is 5.77. The van der Waals surface area contributed by atoms with Gasteiger partial charge >= 0.3 is 0 Å². The van der Waals surface area contributed by atoms with Crippen LogP contribution in [0.1, 0.15) is 10.4 Å². The summed E-state index contributed by atoms with van der Waals surface area (Å²) >= 11 is 6.63. The van der Waals surface area contributed by atoms with Crippen LogP contribution in [0.5, 0.6) is 0 Å². The SMILES string of the molecule is O=C([O-])c1ccc2cc(Br)ccc2c1Br. The van der Waals surface area contributed by atoms with Crippen LogP contribution in [0.25, 0.3) is 10.8 Å². The molecule has 0 saturated carbocycles. The van der Waals surface area contributed by atoms with E-state index in [2.05, 4.69) is 31.9 Å². The number of halogens is 2.